The summed E-state index contributed by atoms with van der Waals surface area (Å²) in [5.74, 6) is -0.951. The molecule has 15 nitrogen and oxygen atoms in total. The zero-order valence-corrected chi connectivity index (χ0v) is 36.4. The minimum atomic E-state index is -4.70. The normalized spacial score (nSPS) is 13.0. The molecule has 2 N–H and O–H groups in total. The van der Waals surface area contributed by atoms with Crippen molar-refractivity contribution in [3.63, 3.8) is 0 Å². The summed E-state index contributed by atoms with van der Waals surface area (Å²) in [5, 5.41) is 21.1. The predicted molar refractivity (Wildman–Crippen MR) is 225 cm³/mol. The van der Waals surface area contributed by atoms with Gasteiger partial charge < -0.3 is 19.7 Å². The molecule has 0 bridgehead atoms. The number of benzene rings is 1. The molecule has 0 aliphatic carbocycles. The van der Waals surface area contributed by atoms with E-state index in [1.54, 1.807) is 0 Å². The molecule has 0 fully saturated rings. The Bertz CT molecular complexity index is 1440. The molecule has 0 aliphatic rings. The SMILES string of the molecule is CCCCCCCCCCCCCCCC(=O)OC[C@H](COP(=O)(O)OCNc1ccc([N+](=O)[O-])c2nonc12)OC(=O)CCCCCCCCCCCCCCC. The maximum atomic E-state index is 12.8. The standard InChI is InChI=1S/C42H73N4O11P/c1-3-5-7-9-11-13-15-17-19-21-23-25-27-29-39(47)53-33-36(56-40(48)30-28-26-24-22-20-18-16-14-12-10-8-6-4-2)34-54-58(51,52)55-35-43-37-31-32-38(46(49)50)42-41(37)44-57-45-42/h31-32,36,43H,3-30,33-35H2,1-2H3,(H,51,52)/t36-/m1/s1. The summed E-state index contributed by atoms with van der Waals surface area (Å²) in [5.41, 5.74) is -0.191. The Labute approximate surface area is 346 Å². The average molecular weight is 841 g/mol. The Hall–Kier alpha value is -3.13. The fourth-order valence-corrected chi connectivity index (χ4v) is 7.40. The van der Waals surface area contributed by atoms with Gasteiger partial charge in [-0.05, 0) is 29.2 Å². The highest BCUT2D eigenvalue weighted by Gasteiger charge is 2.27. The van der Waals surface area contributed by atoms with Gasteiger partial charge in [-0.25, -0.2) is 9.19 Å². The summed E-state index contributed by atoms with van der Waals surface area (Å²) in [6, 6.07) is 2.51. The van der Waals surface area contributed by atoms with Gasteiger partial charge in [-0.3, -0.25) is 28.8 Å². The first-order valence-corrected chi connectivity index (χ1v) is 23.8. The van der Waals surface area contributed by atoms with E-state index in [4.69, 9.17) is 18.5 Å². The zero-order chi connectivity index (χ0) is 42.1. The molecular formula is C42H73N4O11P. The first-order chi connectivity index (χ1) is 28.2. The molecule has 1 aromatic heterocycles. The monoisotopic (exact) mass is 841 g/mol. The Kier molecular flexibility index (Phi) is 28.8. The number of non-ortho nitro benzene ring substituents is 1. The predicted octanol–water partition coefficient (Wildman–Crippen LogP) is 12.1. The summed E-state index contributed by atoms with van der Waals surface area (Å²) in [4.78, 5) is 46.3. The molecule has 332 valence electrons. The lowest BCUT2D eigenvalue weighted by Crippen LogP contribution is -2.29. The maximum absolute atomic E-state index is 12.8. The highest BCUT2D eigenvalue weighted by atomic mass is 31.2. The maximum Gasteiger partial charge on any atom is 0.474 e. The van der Waals surface area contributed by atoms with E-state index in [-0.39, 0.29) is 41.9 Å². The van der Waals surface area contributed by atoms with Crippen LogP contribution in [-0.4, -0.2) is 58.1 Å². The number of nitro groups is 1. The van der Waals surface area contributed by atoms with Crippen molar-refractivity contribution >= 4 is 42.2 Å². The molecule has 0 amide bonds. The van der Waals surface area contributed by atoms with Crippen LogP contribution < -0.4 is 5.32 Å². The highest BCUT2D eigenvalue weighted by Crippen LogP contribution is 2.43. The summed E-state index contributed by atoms with van der Waals surface area (Å²) in [7, 11) is -4.70. The summed E-state index contributed by atoms with van der Waals surface area (Å²) >= 11 is 0. The number of hydrogen-bond donors (Lipinski definition) is 2. The van der Waals surface area contributed by atoms with Crippen LogP contribution in [0, 0.1) is 10.1 Å². The van der Waals surface area contributed by atoms with Crippen LogP contribution in [0.15, 0.2) is 16.8 Å². The van der Waals surface area contributed by atoms with E-state index in [2.05, 4.69) is 34.1 Å². The number of nitro benzene ring substituents is 1. The number of hydrogen-bond acceptors (Lipinski definition) is 13. The fraction of sp³-hybridized carbons (Fsp3) is 0.810. The molecule has 1 heterocycles. The van der Waals surface area contributed by atoms with Crippen LogP contribution in [0.1, 0.15) is 194 Å². The lowest BCUT2D eigenvalue weighted by atomic mass is 10.0. The molecule has 2 aromatic rings. The van der Waals surface area contributed by atoms with Crippen molar-refractivity contribution < 1.29 is 47.1 Å². The van der Waals surface area contributed by atoms with E-state index in [1.165, 1.54) is 128 Å². The van der Waals surface area contributed by atoms with E-state index in [0.717, 1.165) is 38.5 Å². The second-order valence-corrected chi connectivity index (χ2v) is 16.8. The number of phosphoric ester groups is 1. The molecule has 0 aliphatic heterocycles. The largest absolute Gasteiger partial charge is 0.474 e. The number of ether oxygens (including phenoxy) is 2. The lowest BCUT2D eigenvalue weighted by molar-refractivity contribution is -0.383. The van der Waals surface area contributed by atoms with Gasteiger partial charge in [0.2, 0.25) is 5.52 Å². The molecule has 58 heavy (non-hydrogen) atoms. The molecule has 0 saturated heterocycles. The van der Waals surface area contributed by atoms with E-state index >= 15 is 0 Å². The number of carbonyl (C=O) groups excluding carboxylic acids is 2. The first kappa shape index (κ1) is 51.0. The highest BCUT2D eigenvalue weighted by molar-refractivity contribution is 7.47. The zero-order valence-electron chi connectivity index (χ0n) is 35.5. The van der Waals surface area contributed by atoms with Gasteiger partial charge in [0, 0.05) is 18.9 Å². The second-order valence-electron chi connectivity index (χ2n) is 15.3. The smallest absolute Gasteiger partial charge is 0.462 e. The lowest BCUT2D eigenvalue weighted by Gasteiger charge is -2.20. The van der Waals surface area contributed by atoms with E-state index < -0.39 is 44.1 Å². The number of anilines is 1. The van der Waals surface area contributed by atoms with Gasteiger partial charge in [0.25, 0.3) is 0 Å². The molecule has 2 rings (SSSR count). The Morgan fingerprint density at radius 2 is 1.14 bits per heavy atom. The number of unbranched alkanes of at least 4 members (excludes halogenated alkanes) is 24. The molecule has 16 heteroatoms. The molecule has 0 saturated carbocycles. The Morgan fingerprint density at radius 3 is 1.62 bits per heavy atom. The summed E-state index contributed by atoms with van der Waals surface area (Å²) < 4.78 is 38.5. The number of fused-ring (bicyclic) bond motifs is 1. The number of esters is 2. The van der Waals surface area contributed by atoms with Crippen LogP contribution in [0.4, 0.5) is 11.4 Å². The second kappa shape index (κ2) is 32.7. The third-order valence-corrected chi connectivity index (χ3v) is 11.1. The number of rotatable bonds is 39. The van der Waals surface area contributed by atoms with Crippen LogP contribution >= 0.6 is 7.82 Å². The number of carbonyl (C=O) groups is 2. The quantitative estimate of drug-likeness (QED) is 0.0161. The minimum Gasteiger partial charge on any atom is -0.462 e. The van der Waals surface area contributed by atoms with Gasteiger partial charge in [-0.1, -0.05) is 168 Å². The minimum absolute atomic E-state index is 0.0302. The van der Waals surface area contributed by atoms with E-state index in [1.807, 2.05) is 0 Å². The molecule has 1 unspecified atom stereocenters. The molecule has 0 radical (unpaired) electrons. The van der Waals surface area contributed by atoms with Crippen molar-refractivity contribution in [2.45, 2.75) is 200 Å². The van der Waals surface area contributed by atoms with Crippen molar-refractivity contribution in [3.8, 4) is 0 Å². The molecule has 2 atom stereocenters. The number of nitrogens with zero attached hydrogens (tertiary/aromatic N) is 3. The average Bonchev–Trinajstić information content (AvgIpc) is 3.70. The number of aromatic nitrogens is 2. The van der Waals surface area contributed by atoms with Crippen LogP contribution in [-0.2, 0) is 32.7 Å². The van der Waals surface area contributed by atoms with E-state index in [0.29, 0.717) is 12.8 Å². The third kappa shape index (κ3) is 24.7. The summed E-state index contributed by atoms with van der Waals surface area (Å²) in [6.45, 7) is 3.03. The van der Waals surface area contributed by atoms with Crippen molar-refractivity contribution in [2.75, 3.05) is 25.3 Å². The van der Waals surface area contributed by atoms with Crippen LogP contribution in [0.2, 0.25) is 0 Å². The van der Waals surface area contributed by atoms with Crippen LogP contribution in [0.3, 0.4) is 0 Å². The van der Waals surface area contributed by atoms with Gasteiger partial charge in [0.05, 0.1) is 17.2 Å². The van der Waals surface area contributed by atoms with Crippen molar-refractivity contribution in [3.05, 3.63) is 22.2 Å². The molecule has 0 spiro atoms. The first-order valence-electron chi connectivity index (χ1n) is 22.3. The van der Waals surface area contributed by atoms with Crippen LogP contribution in [0.5, 0.6) is 0 Å². The van der Waals surface area contributed by atoms with Gasteiger partial charge in [0.1, 0.15) is 13.3 Å². The van der Waals surface area contributed by atoms with Crippen LogP contribution in [0.25, 0.3) is 11.0 Å². The van der Waals surface area contributed by atoms with Crippen molar-refractivity contribution in [1.29, 1.82) is 0 Å². The van der Waals surface area contributed by atoms with E-state index in [9.17, 15) is 29.2 Å². The van der Waals surface area contributed by atoms with Crippen molar-refractivity contribution in [1.82, 2.24) is 10.3 Å². The Morgan fingerprint density at radius 1 is 0.690 bits per heavy atom. The fourth-order valence-electron chi connectivity index (χ4n) is 6.74. The topological polar surface area (TPSA) is 202 Å². The number of nitrogens with one attached hydrogen (secondary N) is 1. The molecular weight excluding hydrogens is 767 g/mol. The number of phosphoric acid groups is 1. The van der Waals surface area contributed by atoms with Gasteiger partial charge in [-0.2, -0.15) is 0 Å². The van der Waals surface area contributed by atoms with Crippen molar-refractivity contribution in [2.24, 2.45) is 0 Å². The van der Waals surface area contributed by atoms with Gasteiger partial charge >= 0.3 is 25.4 Å². The Balaban J connectivity index is 1.74. The third-order valence-electron chi connectivity index (χ3n) is 10.2. The van der Waals surface area contributed by atoms with Gasteiger partial charge in [0.15, 0.2) is 11.6 Å². The summed E-state index contributed by atoms with van der Waals surface area (Å²) in [6.07, 6.45) is 30.1. The van der Waals surface area contributed by atoms with Gasteiger partial charge in [-0.15, -0.1) is 0 Å². The molecule has 1 aromatic carbocycles.